The molecule has 0 aromatic carbocycles. The lowest BCUT2D eigenvalue weighted by Crippen LogP contribution is -2.46. The fraction of sp³-hybridized carbons (Fsp3) is 0.600. The van der Waals surface area contributed by atoms with E-state index in [0.29, 0.717) is 0 Å². The summed E-state index contributed by atoms with van der Waals surface area (Å²) < 4.78 is 0. The van der Waals surface area contributed by atoms with E-state index in [9.17, 15) is 14.7 Å². The highest BCUT2D eigenvalue weighted by molar-refractivity contribution is 6.41. The van der Waals surface area contributed by atoms with Crippen molar-refractivity contribution < 1.29 is 14.7 Å². The number of ketones is 2. The van der Waals surface area contributed by atoms with Gasteiger partial charge >= 0.3 is 0 Å². The zero-order chi connectivity index (χ0) is 12.0. The Labute approximate surface area is 98.1 Å². The van der Waals surface area contributed by atoms with E-state index in [1.165, 1.54) is 6.92 Å². The second-order valence-electron chi connectivity index (χ2n) is 4.23. The first kappa shape index (κ1) is 12.5. The van der Waals surface area contributed by atoms with Crippen molar-refractivity contribution in [2.45, 2.75) is 31.5 Å². The van der Waals surface area contributed by atoms with Crippen molar-refractivity contribution in [2.75, 3.05) is 0 Å². The van der Waals surface area contributed by atoms with Gasteiger partial charge in [-0.15, -0.1) is 23.2 Å². The Bertz CT molecular complexity index is 358. The van der Waals surface area contributed by atoms with Crippen molar-refractivity contribution in [2.24, 2.45) is 5.41 Å². The van der Waals surface area contributed by atoms with Crippen LogP contribution in [0.1, 0.15) is 20.8 Å². The first-order chi connectivity index (χ1) is 6.71. The van der Waals surface area contributed by atoms with Crippen molar-refractivity contribution in [3.8, 4) is 0 Å². The van der Waals surface area contributed by atoms with Gasteiger partial charge in [0.2, 0.25) is 0 Å². The van der Waals surface area contributed by atoms with Gasteiger partial charge in [-0.3, -0.25) is 9.59 Å². The van der Waals surface area contributed by atoms with Crippen LogP contribution >= 0.6 is 23.2 Å². The molecule has 5 heteroatoms. The van der Waals surface area contributed by atoms with Crippen molar-refractivity contribution in [3.63, 3.8) is 0 Å². The standard InChI is InChI=1S/C10H12Cl2O3/c1-4(13)5-6(14)8(11)10(2,3)9(12)7(5)15/h8-9,14H,1-3H3/t8-,9+/m0/s1. The lowest BCUT2D eigenvalue weighted by molar-refractivity contribution is -0.122. The van der Waals surface area contributed by atoms with Crippen LogP contribution in [0.5, 0.6) is 0 Å². The highest BCUT2D eigenvalue weighted by atomic mass is 35.5. The molecule has 0 heterocycles. The molecule has 0 unspecified atom stereocenters. The normalized spacial score (nSPS) is 30.6. The third-order valence-corrected chi connectivity index (χ3v) is 4.16. The number of Topliss-reactive ketones (excluding diaryl/α,β-unsaturated/α-hetero) is 2. The van der Waals surface area contributed by atoms with Crippen LogP contribution in [0.2, 0.25) is 0 Å². The molecule has 0 aliphatic heterocycles. The average molecular weight is 251 g/mol. The summed E-state index contributed by atoms with van der Waals surface area (Å²) in [5.74, 6) is -1.43. The second-order valence-corrected chi connectivity index (χ2v) is 5.10. The Kier molecular flexibility index (Phi) is 3.17. The number of halogens is 2. The third kappa shape index (κ3) is 1.79. The largest absolute Gasteiger partial charge is 0.510 e. The highest BCUT2D eigenvalue weighted by Crippen LogP contribution is 2.42. The molecular weight excluding hydrogens is 239 g/mol. The molecule has 0 aromatic heterocycles. The topological polar surface area (TPSA) is 54.4 Å². The van der Waals surface area contributed by atoms with Crippen molar-refractivity contribution in [3.05, 3.63) is 11.3 Å². The van der Waals surface area contributed by atoms with Gasteiger partial charge in [-0.2, -0.15) is 0 Å². The molecule has 1 aliphatic carbocycles. The molecule has 1 rings (SSSR count). The van der Waals surface area contributed by atoms with Crippen LogP contribution in [0.25, 0.3) is 0 Å². The predicted molar refractivity (Wildman–Crippen MR) is 58.4 cm³/mol. The monoisotopic (exact) mass is 250 g/mol. The molecule has 0 saturated carbocycles. The molecule has 0 saturated heterocycles. The summed E-state index contributed by atoms with van der Waals surface area (Å²) in [6.45, 7) is 4.55. The minimum atomic E-state index is -0.894. The van der Waals surface area contributed by atoms with E-state index in [4.69, 9.17) is 23.2 Å². The summed E-state index contributed by atoms with van der Waals surface area (Å²) >= 11 is 11.9. The van der Waals surface area contributed by atoms with Crippen molar-refractivity contribution in [1.29, 1.82) is 0 Å². The SMILES string of the molecule is CC(=O)C1=C(O)[C@H](Cl)C(C)(C)[C@H](Cl)C1=O. The maximum Gasteiger partial charge on any atom is 0.188 e. The fourth-order valence-electron chi connectivity index (χ4n) is 1.55. The number of carbonyl (C=O) groups is 2. The number of rotatable bonds is 1. The molecular formula is C10H12Cl2O3. The van der Waals surface area contributed by atoms with Crippen LogP contribution in [0.3, 0.4) is 0 Å². The fourth-order valence-corrected chi connectivity index (χ4v) is 2.09. The molecule has 0 aromatic rings. The van der Waals surface area contributed by atoms with E-state index in [2.05, 4.69) is 0 Å². The van der Waals surface area contributed by atoms with Gasteiger partial charge in [0.25, 0.3) is 0 Å². The molecule has 0 bridgehead atoms. The molecule has 3 nitrogen and oxygen atoms in total. The molecule has 1 aliphatic rings. The Hall–Kier alpha value is -0.540. The maximum atomic E-state index is 11.7. The minimum Gasteiger partial charge on any atom is -0.510 e. The quantitative estimate of drug-likeness (QED) is 0.574. The molecule has 84 valence electrons. The first-order valence-corrected chi connectivity index (χ1v) is 5.35. The van der Waals surface area contributed by atoms with Crippen molar-refractivity contribution >= 4 is 34.8 Å². The summed E-state index contributed by atoms with van der Waals surface area (Å²) in [5, 5.41) is 7.96. The van der Waals surface area contributed by atoms with Gasteiger partial charge in [-0.25, -0.2) is 0 Å². The molecule has 2 atom stereocenters. The van der Waals surface area contributed by atoms with Crippen LogP contribution in [-0.2, 0) is 9.59 Å². The average Bonchev–Trinajstić information content (AvgIpc) is 2.12. The van der Waals surface area contributed by atoms with Crippen LogP contribution in [0.15, 0.2) is 11.3 Å². The maximum absolute atomic E-state index is 11.7. The van der Waals surface area contributed by atoms with Gasteiger partial charge in [-0.05, 0) is 6.92 Å². The summed E-state index contributed by atoms with van der Waals surface area (Å²) in [7, 11) is 0. The molecule has 15 heavy (non-hydrogen) atoms. The van der Waals surface area contributed by atoms with Gasteiger partial charge in [0.05, 0.1) is 5.38 Å². The third-order valence-electron chi connectivity index (χ3n) is 2.63. The Morgan fingerprint density at radius 3 is 2.20 bits per heavy atom. The van der Waals surface area contributed by atoms with Crippen LogP contribution < -0.4 is 0 Å². The van der Waals surface area contributed by atoms with Gasteiger partial charge < -0.3 is 5.11 Å². The Balaban J connectivity index is 3.36. The minimum absolute atomic E-state index is 0.269. The van der Waals surface area contributed by atoms with E-state index in [-0.39, 0.29) is 11.3 Å². The number of aliphatic hydroxyl groups is 1. The van der Waals surface area contributed by atoms with Crippen LogP contribution in [0.4, 0.5) is 0 Å². The van der Waals surface area contributed by atoms with Gasteiger partial charge in [0.1, 0.15) is 16.7 Å². The summed E-state index contributed by atoms with van der Waals surface area (Å²) in [6.07, 6.45) is 0. The smallest absolute Gasteiger partial charge is 0.188 e. The van der Waals surface area contributed by atoms with Crippen LogP contribution in [-0.4, -0.2) is 27.4 Å². The number of carbonyl (C=O) groups excluding carboxylic acids is 2. The Morgan fingerprint density at radius 1 is 1.33 bits per heavy atom. The first-order valence-electron chi connectivity index (χ1n) is 4.47. The number of hydrogen-bond acceptors (Lipinski definition) is 3. The van der Waals surface area contributed by atoms with Gasteiger partial charge in [0.15, 0.2) is 11.6 Å². The zero-order valence-corrected chi connectivity index (χ0v) is 10.2. The second kappa shape index (κ2) is 3.80. The molecule has 0 amide bonds. The molecule has 1 N–H and O–H groups in total. The lowest BCUT2D eigenvalue weighted by Gasteiger charge is -2.37. The number of hydrogen-bond donors (Lipinski definition) is 1. The van der Waals surface area contributed by atoms with E-state index in [1.54, 1.807) is 13.8 Å². The predicted octanol–water partition coefficient (Wildman–Crippen LogP) is 2.21. The summed E-state index contributed by atoms with van der Waals surface area (Å²) in [5.41, 5.74) is -1.04. The van der Waals surface area contributed by atoms with E-state index < -0.39 is 27.7 Å². The molecule has 0 radical (unpaired) electrons. The van der Waals surface area contributed by atoms with Gasteiger partial charge in [-0.1, -0.05) is 13.8 Å². The van der Waals surface area contributed by atoms with E-state index in [0.717, 1.165) is 0 Å². The van der Waals surface area contributed by atoms with E-state index in [1.807, 2.05) is 0 Å². The number of alkyl halides is 2. The van der Waals surface area contributed by atoms with Crippen LogP contribution in [0, 0.1) is 5.41 Å². The number of aliphatic hydroxyl groups excluding tert-OH is 1. The van der Waals surface area contributed by atoms with Gasteiger partial charge in [0, 0.05) is 5.41 Å². The summed E-state index contributed by atoms with van der Waals surface area (Å²) in [6, 6.07) is 0. The lowest BCUT2D eigenvalue weighted by atomic mass is 9.75. The van der Waals surface area contributed by atoms with E-state index >= 15 is 0 Å². The number of allylic oxidation sites excluding steroid dienone is 2. The molecule has 0 fully saturated rings. The zero-order valence-electron chi connectivity index (χ0n) is 8.67. The van der Waals surface area contributed by atoms with Crippen molar-refractivity contribution in [1.82, 2.24) is 0 Å². The Morgan fingerprint density at radius 2 is 1.80 bits per heavy atom. The highest BCUT2D eigenvalue weighted by Gasteiger charge is 2.49. The summed E-state index contributed by atoms with van der Waals surface area (Å²) in [4.78, 5) is 22.9. The molecule has 0 spiro atoms.